The molecule has 1 aliphatic rings. The number of nitrogens with two attached hydrogens (primary N) is 1. The van der Waals surface area contributed by atoms with Crippen LogP contribution in [0.3, 0.4) is 0 Å². The first kappa shape index (κ1) is 13.5. The summed E-state index contributed by atoms with van der Waals surface area (Å²) >= 11 is 0. The standard InChI is InChI=1S/C14H19N3O2/c15-9-12(11-5-2-1-3-6-11)14(19)17-8-4-7-16-13(18)10-17/h1-3,5-6,12H,4,7-10,15H2,(H,16,18). The highest BCUT2D eigenvalue weighted by Gasteiger charge is 2.27. The monoisotopic (exact) mass is 261 g/mol. The van der Waals surface area contributed by atoms with Crippen molar-refractivity contribution < 1.29 is 9.59 Å². The molecule has 102 valence electrons. The van der Waals surface area contributed by atoms with E-state index in [9.17, 15) is 9.59 Å². The third kappa shape index (κ3) is 3.32. The smallest absolute Gasteiger partial charge is 0.239 e. The van der Waals surface area contributed by atoms with Crippen molar-refractivity contribution in [3.63, 3.8) is 0 Å². The highest BCUT2D eigenvalue weighted by Crippen LogP contribution is 2.17. The molecule has 2 rings (SSSR count). The van der Waals surface area contributed by atoms with Gasteiger partial charge in [-0.25, -0.2) is 0 Å². The number of hydrogen-bond donors (Lipinski definition) is 2. The molecule has 0 saturated carbocycles. The Bertz CT molecular complexity index is 447. The van der Waals surface area contributed by atoms with E-state index >= 15 is 0 Å². The summed E-state index contributed by atoms with van der Waals surface area (Å²) in [7, 11) is 0. The normalized spacial score (nSPS) is 17.5. The number of amides is 2. The molecule has 5 nitrogen and oxygen atoms in total. The first-order valence-electron chi connectivity index (χ1n) is 6.53. The van der Waals surface area contributed by atoms with Crippen molar-refractivity contribution in [2.45, 2.75) is 12.3 Å². The van der Waals surface area contributed by atoms with Gasteiger partial charge in [-0.3, -0.25) is 9.59 Å². The quantitative estimate of drug-likeness (QED) is 0.809. The highest BCUT2D eigenvalue weighted by molar-refractivity contribution is 5.89. The molecule has 1 aromatic carbocycles. The van der Waals surface area contributed by atoms with E-state index in [2.05, 4.69) is 5.32 Å². The van der Waals surface area contributed by atoms with Gasteiger partial charge in [0.1, 0.15) is 0 Å². The molecule has 1 unspecified atom stereocenters. The van der Waals surface area contributed by atoms with Crippen molar-refractivity contribution in [2.75, 3.05) is 26.2 Å². The lowest BCUT2D eigenvalue weighted by molar-refractivity contribution is -0.136. The fourth-order valence-corrected chi connectivity index (χ4v) is 2.28. The van der Waals surface area contributed by atoms with Crippen LogP contribution in [0.2, 0.25) is 0 Å². The summed E-state index contributed by atoms with van der Waals surface area (Å²) in [5.74, 6) is -0.535. The van der Waals surface area contributed by atoms with E-state index in [-0.39, 0.29) is 30.8 Å². The second-order valence-electron chi connectivity index (χ2n) is 4.66. The van der Waals surface area contributed by atoms with E-state index < -0.39 is 0 Å². The van der Waals surface area contributed by atoms with Gasteiger partial charge in [0, 0.05) is 19.6 Å². The molecule has 1 saturated heterocycles. The molecule has 19 heavy (non-hydrogen) atoms. The molecule has 0 aliphatic carbocycles. The van der Waals surface area contributed by atoms with Crippen molar-refractivity contribution in [2.24, 2.45) is 5.73 Å². The van der Waals surface area contributed by atoms with Gasteiger partial charge in [-0.15, -0.1) is 0 Å². The van der Waals surface area contributed by atoms with Crippen molar-refractivity contribution in [3.05, 3.63) is 35.9 Å². The first-order chi connectivity index (χ1) is 9.22. The van der Waals surface area contributed by atoms with Crippen LogP contribution in [-0.4, -0.2) is 42.9 Å². The van der Waals surface area contributed by atoms with Crippen molar-refractivity contribution in [1.29, 1.82) is 0 Å². The zero-order valence-corrected chi connectivity index (χ0v) is 10.8. The van der Waals surface area contributed by atoms with E-state index in [1.165, 1.54) is 0 Å². The van der Waals surface area contributed by atoms with Gasteiger partial charge in [0.2, 0.25) is 11.8 Å². The van der Waals surface area contributed by atoms with Gasteiger partial charge in [-0.05, 0) is 12.0 Å². The molecule has 0 spiro atoms. The van der Waals surface area contributed by atoms with E-state index in [1.54, 1.807) is 4.90 Å². The number of rotatable bonds is 3. The molecule has 1 aromatic rings. The number of carbonyl (C=O) groups excluding carboxylic acids is 2. The van der Waals surface area contributed by atoms with Gasteiger partial charge in [-0.1, -0.05) is 30.3 Å². The van der Waals surface area contributed by atoms with Gasteiger partial charge in [0.15, 0.2) is 0 Å². The number of carbonyl (C=O) groups is 2. The molecular weight excluding hydrogens is 242 g/mol. The molecule has 5 heteroatoms. The summed E-state index contributed by atoms with van der Waals surface area (Å²) in [4.78, 5) is 25.6. The van der Waals surface area contributed by atoms with E-state index in [0.29, 0.717) is 13.1 Å². The van der Waals surface area contributed by atoms with E-state index in [0.717, 1.165) is 12.0 Å². The van der Waals surface area contributed by atoms with Crippen LogP contribution in [-0.2, 0) is 9.59 Å². The lowest BCUT2D eigenvalue weighted by Crippen LogP contribution is -2.41. The molecular formula is C14H19N3O2. The maximum absolute atomic E-state index is 12.5. The SMILES string of the molecule is NCC(C(=O)N1CCCNC(=O)C1)c1ccccc1. The maximum Gasteiger partial charge on any atom is 0.239 e. The highest BCUT2D eigenvalue weighted by atomic mass is 16.2. The molecule has 0 aromatic heterocycles. The van der Waals surface area contributed by atoms with Gasteiger partial charge in [0.25, 0.3) is 0 Å². The topological polar surface area (TPSA) is 75.4 Å². The van der Waals surface area contributed by atoms with Gasteiger partial charge < -0.3 is 16.0 Å². The molecule has 0 radical (unpaired) electrons. The third-order valence-corrected chi connectivity index (χ3v) is 3.31. The summed E-state index contributed by atoms with van der Waals surface area (Å²) in [5, 5.41) is 2.76. The van der Waals surface area contributed by atoms with Crippen LogP contribution >= 0.6 is 0 Å². The average molecular weight is 261 g/mol. The second-order valence-corrected chi connectivity index (χ2v) is 4.66. The minimum atomic E-state index is -0.368. The van der Waals surface area contributed by atoms with Crippen LogP contribution in [0.15, 0.2) is 30.3 Å². The summed E-state index contributed by atoms with van der Waals surface area (Å²) < 4.78 is 0. The summed E-state index contributed by atoms with van der Waals surface area (Å²) in [5.41, 5.74) is 6.64. The van der Waals surface area contributed by atoms with Crippen LogP contribution in [0.25, 0.3) is 0 Å². The minimum absolute atomic E-state index is 0.0641. The third-order valence-electron chi connectivity index (χ3n) is 3.31. The Kier molecular flexibility index (Phi) is 4.52. The Morgan fingerprint density at radius 1 is 1.37 bits per heavy atom. The van der Waals surface area contributed by atoms with Crippen LogP contribution in [0.1, 0.15) is 17.9 Å². The maximum atomic E-state index is 12.5. The second kappa shape index (κ2) is 6.33. The Morgan fingerprint density at radius 2 is 2.11 bits per heavy atom. The zero-order chi connectivity index (χ0) is 13.7. The molecule has 1 atom stereocenters. The van der Waals surface area contributed by atoms with Crippen LogP contribution in [0.5, 0.6) is 0 Å². The van der Waals surface area contributed by atoms with Gasteiger partial charge in [-0.2, -0.15) is 0 Å². The largest absolute Gasteiger partial charge is 0.354 e. The lowest BCUT2D eigenvalue weighted by Gasteiger charge is -2.24. The predicted molar refractivity (Wildman–Crippen MR) is 72.4 cm³/mol. The average Bonchev–Trinajstić information content (AvgIpc) is 2.65. The van der Waals surface area contributed by atoms with Crippen LogP contribution in [0.4, 0.5) is 0 Å². The Morgan fingerprint density at radius 3 is 2.79 bits per heavy atom. The van der Waals surface area contributed by atoms with Crippen LogP contribution < -0.4 is 11.1 Å². The number of nitrogens with one attached hydrogen (secondary N) is 1. The Hall–Kier alpha value is -1.88. The summed E-state index contributed by atoms with van der Waals surface area (Å²) in [6.45, 7) is 1.60. The Balaban J connectivity index is 2.14. The number of benzene rings is 1. The molecule has 2 amide bonds. The van der Waals surface area contributed by atoms with E-state index in [4.69, 9.17) is 5.73 Å². The number of nitrogens with zero attached hydrogens (tertiary/aromatic N) is 1. The van der Waals surface area contributed by atoms with Crippen molar-refractivity contribution in [1.82, 2.24) is 10.2 Å². The van der Waals surface area contributed by atoms with Gasteiger partial charge in [0.05, 0.1) is 12.5 Å². The fourth-order valence-electron chi connectivity index (χ4n) is 2.28. The molecule has 1 fully saturated rings. The van der Waals surface area contributed by atoms with Crippen LogP contribution in [0, 0.1) is 0 Å². The van der Waals surface area contributed by atoms with Crippen molar-refractivity contribution >= 4 is 11.8 Å². The summed E-state index contributed by atoms with van der Waals surface area (Å²) in [6.07, 6.45) is 0.781. The lowest BCUT2D eigenvalue weighted by atomic mass is 9.97. The minimum Gasteiger partial charge on any atom is -0.354 e. The van der Waals surface area contributed by atoms with E-state index in [1.807, 2.05) is 30.3 Å². The molecule has 3 N–H and O–H groups in total. The number of hydrogen-bond acceptors (Lipinski definition) is 3. The van der Waals surface area contributed by atoms with Crippen molar-refractivity contribution in [3.8, 4) is 0 Å². The molecule has 0 bridgehead atoms. The predicted octanol–water partition coefficient (Wildman–Crippen LogP) is 0.0774. The summed E-state index contributed by atoms with van der Waals surface area (Å²) in [6, 6.07) is 9.47. The Labute approximate surface area is 112 Å². The first-order valence-corrected chi connectivity index (χ1v) is 6.53. The fraction of sp³-hybridized carbons (Fsp3) is 0.429. The zero-order valence-electron chi connectivity index (χ0n) is 10.8. The molecule has 1 aliphatic heterocycles. The molecule has 1 heterocycles. The van der Waals surface area contributed by atoms with Gasteiger partial charge >= 0.3 is 0 Å².